The van der Waals surface area contributed by atoms with Gasteiger partial charge in [-0.3, -0.25) is 0 Å². The summed E-state index contributed by atoms with van der Waals surface area (Å²) in [5.41, 5.74) is 1.22. The van der Waals surface area contributed by atoms with E-state index in [2.05, 4.69) is 42.3 Å². The third kappa shape index (κ3) is 4.14. The fourth-order valence-electron chi connectivity index (χ4n) is 3.23. The SMILES string of the molecule is c1ccc(Cc2nccc(NC3CCN(c4ncccn4)CC3)n2)cc1. The number of hydrogen-bond donors (Lipinski definition) is 1. The lowest BCUT2D eigenvalue weighted by atomic mass is 10.1. The Morgan fingerprint density at radius 1 is 0.885 bits per heavy atom. The van der Waals surface area contributed by atoms with Crippen molar-refractivity contribution in [2.24, 2.45) is 0 Å². The van der Waals surface area contributed by atoms with Crippen LogP contribution in [-0.4, -0.2) is 39.1 Å². The van der Waals surface area contributed by atoms with E-state index in [1.807, 2.05) is 36.5 Å². The molecule has 0 unspecified atom stereocenters. The quantitative estimate of drug-likeness (QED) is 0.766. The Morgan fingerprint density at radius 2 is 1.65 bits per heavy atom. The van der Waals surface area contributed by atoms with E-state index < -0.39 is 0 Å². The molecule has 1 aliphatic heterocycles. The lowest BCUT2D eigenvalue weighted by Crippen LogP contribution is -2.40. The van der Waals surface area contributed by atoms with Crippen molar-refractivity contribution in [3.63, 3.8) is 0 Å². The first-order chi connectivity index (χ1) is 12.9. The van der Waals surface area contributed by atoms with Crippen LogP contribution >= 0.6 is 0 Å². The average Bonchev–Trinajstić information content (AvgIpc) is 2.70. The summed E-state index contributed by atoms with van der Waals surface area (Å²) in [5.74, 6) is 2.56. The Hall–Kier alpha value is -3.02. The minimum absolute atomic E-state index is 0.412. The summed E-state index contributed by atoms with van der Waals surface area (Å²) in [6.45, 7) is 1.90. The van der Waals surface area contributed by atoms with Gasteiger partial charge in [0.15, 0.2) is 0 Å². The number of nitrogens with one attached hydrogen (secondary N) is 1. The summed E-state index contributed by atoms with van der Waals surface area (Å²) >= 11 is 0. The van der Waals surface area contributed by atoms with Gasteiger partial charge in [0.2, 0.25) is 5.95 Å². The molecule has 1 aliphatic rings. The van der Waals surface area contributed by atoms with E-state index in [1.54, 1.807) is 12.4 Å². The second-order valence-electron chi connectivity index (χ2n) is 6.47. The van der Waals surface area contributed by atoms with Crippen LogP contribution in [-0.2, 0) is 6.42 Å². The molecule has 0 atom stereocenters. The van der Waals surface area contributed by atoms with Gasteiger partial charge in [-0.05, 0) is 30.5 Å². The van der Waals surface area contributed by atoms with Crippen LogP contribution in [0.25, 0.3) is 0 Å². The normalized spacial score (nSPS) is 15.0. The fourth-order valence-corrected chi connectivity index (χ4v) is 3.23. The highest BCUT2D eigenvalue weighted by molar-refractivity contribution is 5.37. The second-order valence-corrected chi connectivity index (χ2v) is 6.47. The van der Waals surface area contributed by atoms with Gasteiger partial charge >= 0.3 is 0 Å². The minimum Gasteiger partial charge on any atom is -0.367 e. The number of hydrogen-bond acceptors (Lipinski definition) is 6. The lowest BCUT2D eigenvalue weighted by Gasteiger charge is -2.32. The molecule has 3 heterocycles. The maximum absolute atomic E-state index is 4.68. The third-order valence-electron chi connectivity index (χ3n) is 4.59. The van der Waals surface area contributed by atoms with Gasteiger partial charge in [-0.25, -0.2) is 19.9 Å². The van der Waals surface area contributed by atoms with Crippen molar-refractivity contribution >= 4 is 11.8 Å². The zero-order valence-corrected chi connectivity index (χ0v) is 14.6. The Labute approximate surface area is 153 Å². The van der Waals surface area contributed by atoms with E-state index in [-0.39, 0.29) is 0 Å². The Kier molecular flexibility index (Phi) is 5.00. The lowest BCUT2D eigenvalue weighted by molar-refractivity contribution is 0.518. The zero-order valence-electron chi connectivity index (χ0n) is 14.6. The number of piperidine rings is 1. The number of nitrogens with zero attached hydrogens (tertiary/aromatic N) is 5. The largest absolute Gasteiger partial charge is 0.367 e. The van der Waals surface area contributed by atoms with Gasteiger partial charge in [0, 0.05) is 44.1 Å². The van der Waals surface area contributed by atoms with E-state index >= 15 is 0 Å². The maximum Gasteiger partial charge on any atom is 0.225 e. The molecular formula is C20H22N6. The van der Waals surface area contributed by atoms with Crippen molar-refractivity contribution < 1.29 is 0 Å². The predicted molar refractivity (Wildman–Crippen MR) is 102 cm³/mol. The number of rotatable bonds is 5. The van der Waals surface area contributed by atoms with E-state index in [0.717, 1.165) is 49.9 Å². The van der Waals surface area contributed by atoms with E-state index in [4.69, 9.17) is 0 Å². The van der Waals surface area contributed by atoms with Crippen LogP contribution in [0.1, 0.15) is 24.2 Å². The van der Waals surface area contributed by atoms with Crippen molar-refractivity contribution in [2.45, 2.75) is 25.3 Å². The molecule has 6 heteroatoms. The zero-order chi connectivity index (χ0) is 17.6. The summed E-state index contributed by atoms with van der Waals surface area (Å²) in [4.78, 5) is 20.0. The van der Waals surface area contributed by atoms with Crippen LogP contribution in [0.15, 0.2) is 61.1 Å². The van der Waals surface area contributed by atoms with E-state index in [9.17, 15) is 0 Å². The first-order valence-corrected chi connectivity index (χ1v) is 9.01. The van der Waals surface area contributed by atoms with Crippen molar-refractivity contribution in [1.82, 2.24) is 19.9 Å². The van der Waals surface area contributed by atoms with Crippen molar-refractivity contribution in [1.29, 1.82) is 0 Å². The van der Waals surface area contributed by atoms with Gasteiger partial charge in [-0.1, -0.05) is 30.3 Å². The molecule has 0 saturated carbocycles. The molecule has 26 heavy (non-hydrogen) atoms. The standard InChI is InChI=1S/C20H22N6/c1-2-5-16(6-3-1)15-19-21-12-7-18(25-19)24-17-8-13-26(14-9-17)20-22-10-4-11-23-20/h1-7,10-12,17H,8-9,13-15H2,(H,21,24,25). The molecule has 2 aromatic heterocycles. The van der Waals surface area contributed by atoms with E-state index in [1.165, 1.54) is 5.56 Å². The van der Waals surface area contributed by atoms with Crippen LogP contribution in [0.4, 0.5) is 11.8 Å². The van der Waals surface area contributed by atoms with Crippen molar-refractivity contribution in [3.8, 4) is 0 Å². The molecule has 6 nitrogen and oxygen atoms in total. The highest BCUT2D eigenvalue weighted by atomic mass is 15.3. The van der Waals surface area contributed by atoms with Gasteiger partial charge in [0.05, 0.1) is 0 Å². The smallest absolute Gasteiger partial charge is 0.225 e. The van der Waals surface area contributed by atoms with Gasteiger partial charge in [-0.15, -0.1) is 0 Å². The summed E-state index contributed by atoms with van der Waals surface area (Å²) < 4.78 is 0. The van der Waals surface area contributed by atoms with Crippen LogP contribution in [0.5, 0.6) is 0 Å². The van der Waals surface area contributed by atoms with Gasteiger partial charge in [0.1, 0.15) is 11.6 Å². The van der Waals surface area contributed by atoms with Crippen molar-refractivity contribution in [2.75, 3.05) is 23.3 Å². The molecular weight excluding hydrogens is 324 g/mol. The monoisotopic (exact) mass is 346 g/mol. The average molecular weight is 346 g/mol. The van der Waals surface area contributed by atoms with Crippen LogP contribution in [0.2, 0.25) is 0 Å². The molecule has 3 aromatic rings. The molecule has 1 saturated heterocycles. The molecule has 0 radical (unpaired) electrons. The Balaban J connectivity index is 1.34. The number of benzene rings is 1. The van der Waals surface area contributed by atoms with Gasteiger partial charge < -0.3 is 10.2 Å². The second kappa shape index (κ2) is 7.91. The molecule has 0 aliphatic carbocycles. The Bertz CT molecular complexity index is 816. The molecule has 0 spiro atoms. The Morgan fingerprint density at radius 3 is 2.42 bits per heavy atom. The van der Waals surface area contributed by atoms with Gasteiger partial charge in [-0.2, -0.15) is 0 Å². The maximum atomic E-state index is 4.68. The fraction of sp³-hybridized carbons (Fsp3) is 0.300. The number of aromatic nitrogens is 4. The minimum atomic E-state index is 0.412. The summed E-state index contributed by atoms with van der Waals surface area (Å²) in [7, 11) is 0. The highest BCUT2D eigenvalue weighted by Gasteiger charge is 2.21. The topological polar surface area (TPSA) is 66.8 Å². The summed E-state index contributed by atoms with van der Waals surface area (Å²) in [5, 5.41) is 3.56. The molecule has 1 fully saturated rings. The predicted octanol–water partition coefficient (Wildman–Crippen LogP) is 2.94. The summed E-state index contributed by atoms with van der Waals surface area (Å²) in [6, 6.07) is 14.5. The molecule has 4 rings (SSSR count). The molecule has 0 amide bonds. The highest BCUT2D eigenvalue weighted by Crippen LogP contribution is 2.18. The van der Waals surface area contributed by atoms with Crippen LogP contribution < -0.4 is 10.2 Å². The summed E-state index contributed by atoms with van der Waals surface area (Å²) in [6.07, 6.45) is 8.25. The first kappa shape index (κ1) is 16.4. The van der Waals surface area contributed by atoms with E-state index in [0.29, 0.717) is 6.04 Å². The number of anilines is 2. The first-order valence-electron chi connectivity index (χ1n) is 9.01. The molecule has 1 aromatic carbocycles. The van der Waals surface area contributed by atoms with Crippen molar-refractivity contribution in [3.05, 3.63) is 72.4 Å². The molecule has 1 N–H and O–H groups in total. The van der Waals surface area contributed by atoms with Crippen LogP contribution in [0.3, 0.4) is 0 Å². The molecule has 132 valence electrons. The van der Waals surface area contributed by atoms with Gasteiger partial charge in [0.25, 0.3) is 0 Å². The van der Waals surface area contributed by atoms with Crippen LogP contribution in [0, 0.1) is 0 Å². The molecule has 0 bridgehead atoms. The third-order valence-corrected chi connectivity index (χ3v) is 4.59.